The van der Waals surface area contributed by atoms with Crippen LogP contribution in [0.4, 0.5) is 5.69 Å². The van der Waals surface area contributed by atoms with Gasteiger partial charge in [0.05, 0.1) is 27.7 Å². The van der Waals surface area contributed by atoms with Crippen LogP contribution in [-0.2, 0) is 22.1 Å². The summed E-state index contributed by atoms with van der Waals surface area (Å²) in [4.78, 5) is 0.0616. The molecule has 1 aromatic carbocycles. The van der Waals surface area contributed by atoms with Crippen molar-refractivity contribution in [2.45, 2.75) is 31.0 Å². The molecule has 7 heteroatoms. The van der Waals surface area contributed by atoms with Gasteiger partial charge in [-0.1, -0.05) is 11.6 Å². The van der Waals surface area contributed by atoms with Crippen LogP contribution < -0.4 is 5.73 Å². The second-order valence-corrected chi connectivity index (χ2v) is 6.93. The molecule has 0 radical (unpaired) electrons. The highest BCUT2D eigenvalue weighted by Crippen LogP contribution is 2.26. The largest absolute Gasteiger partial charge is 0.398 e. The minimum atomic E-state index is -3.56. The molecule has 0 fully saturated rings. The first-order valence-electron chi connectivity index (χ1n) is 6.14. The van der Waals surface area contributed by atoms with E-state index < -0.39 is 9.84 Å². The van der Waals surface area contributed by atoms with E-state index >= 15 is 0 Å². The number of hydrogen-bond donors (Lipinski definition) is 1. The highest BCUT2D eigenvalue weighted by atomic mass is 35.5. The highest BCUT2D eigenvalue weighted by Gasteiger charge is 2.21. The molecule has 0 aliphatic heterocycles. The summed E-state index contributed by atoms with van der Waals surface area (Å²) in [6.07, 6.45) is 0. The number of sulfone groups is 1. The molecular formula is C13H16ClN3O2S. The Morgan fingerprint density at radius 3 is 2.70 bits per heavy atom. The number of aryl methyl sites for hydroxylation is 2. The summed E-state index contributed by atoms with van der Waals surface area (Å²) in [6.45, 7) is 4.36. The van der Waals surface area contributed by atoms with Crippen LogP contribution >= 0.6 is 11.6 Å². The molecule has 1 heterocycles. The normalized spacial score (nSPS) is 11.8. The van der Waals surface area contributed by atoms with E-state index in [1.165, 1.54) is 12.1 Å². The molecule has 0 aliphatic rings. The Morgan fingerprint density at radius 2 is 2.05 bits per heavy atom. The number of nitrogen functional groups attached to an aromatic ring is 1. The number of benzene rings is 1. The lowest BCUT2D eigenvalue weighted by atomic mass is 10.3. The number of aromatic nitrogens is 2. The number of halogens is 1. The fraction of sp³-hybridized carbons (Fsp3) is 0.308. The van der Waals surface area contributed by atoms with E-state index in [2.05, 4.69) is 5.10 Å². The number of rotatable bonds is 4. The summed E-state index contributed by atoms with van der Waals surface area (Å²) in [5.41, 5.74) is 7.38. The van der Waals surface area contributed by atoms with Crippen molar-refractivity contribution in [1.29, 1.82) is 0 Å². The Morgan fingerprint density at radius 1 is 1.35 bits per heavy atom. The standard InChI is InChI=1S/C13H16ClN3O2S/c1-3-17-11(6-9(2)16-17)8-20(18,19)13-7-10(14)4-5-12(13)15/h4-7H,3,8,15H2,1-2H3. The monoisotopic (exact) mass is 313 g/mol. The van der Waals surface area contributed by atoms with Crippen molar-refractivity contribution in [1.82, 2.24) is 9.78 Å². The predicted octanol–water partition coefficient (Wildman–Crippen LogP) is 2.42. The second-order valence-electron chi connectivity index (χ2n) is 4.53. The first kappa shape index (κ1) is 14.9. The van der Waals surface area contributed by atoms with Gasteiger partial charge in [0.15, 0.2) is 9.84 Å². The van der Waals surface area contributed by atoms with Gasteiger partial charge in [-0.15, -0.1) is 0 Å². The first-order valence-corrected chi connectivity index (χ1v) is 8.17. The fourth-order valence-electron chi connectivity index (χ4n) is 2.04. The van der Waals surface area contributed by atoms with Crippen LogP contribution in [-0.4, -0.2) is 18.2 Å². The molecule has 20 heavy (non-hydrogen) atoms. The van der Waals surface area contributed by atoms with Crippen LogP contribution in [0.25, 0.3) is 0 Å². The summed E-state index contributed by atoms with van der Waals surface area (Å²) in [5, 5.41) is 4.59. The third-order valence-electron chi connectivity index (χ3n) is 2.93. The Hall–Kier alpha value is -1.53. The molecule has 2 rings (SSSR count). The molecule has 0 saturated heterocycles. The Kier molecular flexibility index (Phi) is 4.06. The van der Waals surface area contributed by atoms with Gasteiger partial charge in [-0.05, 0) is 38.1 Å². The zero-order chi connectivity index (χ0) is 14.9. The lowest BCUT2D eigenvalue weighted by Crippen LogP contribution is -2.12. The molecule has 2 aromatic rings. The van der Waals surface area contributed by atoms with Crippen LogP contribution in [0.3, 0.4) is 0 Å². The molecule has 2 N–H and O–H groups in total. The maximum Gasteiger partial charge on any atom is 0.186 e. The van der Waals surface area contributed by atoms with Gasteiger partial charge in [-0.3, -0.25) is 4.68 Å². The molecule has 0 unspecified atom stereocenters. The van der Waals surface area contributed by atoms with Gasteiger partial charge in [0.2, 0.25) is 0 Å². The van der Waals surface area contributed by atoms with Crippen LogP contribution in [0, 0.1) is 6.92 Å². The van der Waals surface area contributed by atoms with E-state index in [9.17, 15) is 8.42 Å². The van der Waals surface area contributed by atoms with Gasteiger partial charge in [0.25, 0.3) is 0 Å². The van der Waals surface area contributed by atoms with Crippen molar-refractivity contribution in [3.63, 3.8) is 0 Å². The van der Waals surface area contributed by atoms with Gasteiger partial charge in [-0.2, -0.15) is 5.10 Å². The molecule has 0 bridgehead atoms. The summed E-state index contributed by atoms with van der Waals surface area (Å²) < 4.78 is 26.6. The quantitative estimate of drug-likeness (QED) is 0.879. The predicted molar refractivity (Wildman–Crippen MR) is 79.4 cm³/mol. The van der Waals surface area contributed by atoms with Crippen LogP contribution in [0.2, 0.25) is 5.02 Å². The third-order valence-corrected chi connectivity index (χ3v) is 4.87. The summed E-state index contributed by atoms with van der Waals surface area (Å²) in [5.74, 6) is -0.147. The summed E-state index contributed by atoms with van der Waals surface area (Å²) in [6, 6.07) is 6.21. The average molecular weight is 314 g/mol. The lowest BCUT2D eigenvalue weighted by Gasteiger charge is -2.09. The van der Waals surface area contributed by atoms with Crippen LogP contribution in [0.5, 0.6) is 0 Å². The minimum absolute atomic E-state index is 0.0616. The topological polar surface area (TPSA) is 78.0 Å². The van der Waals surface area contributed by atoms with Crippen molar-refractivity contribution >= 4 is 27.1 Å². The SMILES string of the molecule is CCn1nc(C)cc1CS(=O)(=O)c1cc(Cl)ccc1N. The molecule has 0 spiro atoms. The van der Waals surface area contributed by atoms with Gasteiger partial charge < -0.3 is 5.73 Å². The highest BCUT2D eigenvalue weighted by molar-refractivity contribution is 7.90. The van der Waals surface area contributed by atoms with E-state index in [0.717, 1.165) is 5.69 Å². The summed E-state index contributed by atoms with van der Waals surface area (Å²) >= 11 is 5.85. The molecular weight excluding hydrogens is 298 g/mol. The van der Waals surface area contributed by atoms with Gasteiger partial charge in [0, 0.05) is 11.6 Å². The van der Waals surface area contributed by atoms with Crippen molar-refractivity contribution in [2.75, 3.05) is 5.73 Å². The fourth-order valence-corrected chi connectivity index (χ4v) is 3.79. The van der Waals surface area contributed by atoms with Crippen LogP contribution in [0.1, 0.15) is 18.3 Å². The zero-order valence-corrected chi connectivity index (χ0v) is 12.9. The smallest absolute Gasteiger partial charge is 0.186 e. The van der Waals surface area contributed by atoms with E-state index in [1.807, 2.05) is 13.8 Å². The molecule has 108 valence electrons. The first-order chi connectivity index (χ1) is 9.33. The van der Waals surface area contributed by atoms with E-state index in [1.54, 1.807) is 16.8 Å². The maximum absolute atomic E-state index is 12.5. The van der Waals surface area contributed by atoms with Gasteiger partial charge in [-0.25, -0.2) is 8.42 Å². The van der Waals surface area contributed by atoms with Crippen molar-refractivity contribution < 1.29 is 8.42 Å². The number of hydrogen-bond acceptors (Lipinski definition) is 4. The Labute approximate surface area is 123 Å². The van der Waals surface area contributed by atoms with Gasteiger partial charge >= 0.3 is 0 Å². The number of nitrogens with two attached hydrogens (primary N) is 1. The molecule has 0 aliphatic carbocycles. The van der Waals surface area contributed by atoms with Crippen LogP contribution in [0.15, 0.2) is 29.2 Å². The number of nitrogens with zero attached hydrogens (tertiary/aromatic N) is 2. The third kappa shape index (κ3) is 2.96. The van der Waals surface area contributed by atoms with Crippen molar-refractivity contribution in [2.24, 2.45) is 0 Å². The Bertz CT molecular complexity index is 738. The van der Waals surface area contributed by atoms with Crippen molar-refractivity contribution in [3.05, 3.63) is 40.7 Å². The Balaban J connectivity index is 2.43. The molecule has 0 amide bonds. The maximum atomic E-state index is 12.5. The van der Waals surface area contributed by atoms with E-state index in [4.69, 9.17) is 17.3 Å². The van der Waals surface area contributed by atoms with Crippen molar-refractivity contribution in [3.8, 4) is 0 Å². The minimum Gasteiger partial charge on any atom is -0.398 e. The summed E-state index contributed by atoms with van der Waals surface area (Å²) in [7, 11) is -3.56. The van der Waals surface area contributed by atoms with Gasteiger partial charge in [0.1, 0.15) is 0 Å². The molecule has 1 aromatic heterocycles. The lowest BCUT2D eigenvalue weighted by molar-refractivity contribution is 0.586. The second kappa shape index (κ2) is 5.46. The van der Waals surface area contributed by atoms with E-state index in [0.29, 0.717) is 17.3 Å². The number of anilines is 1. The molecule has 0 atom stereocenters. The van der Waals surface area contributed by atoms with E-state index in [-0.39, 0.29) is 16.3 Å². The zero-order valence-electron chi connectivity index (χ0n) is 11.3. The average Bonchev–Trinajstić information content (AvgIpc) is 2.71. The molecule has 5 nitrogen and oxygen atoms in total. The molecule has 0 saturated carbocycles.